The van der Waals surface area contributed by atoms with Crippen molar-refractivity contribution in [3.8, 4) is 0 Å². The molecule has 27 heavy (non-hydrogen) atoms. The van der Waals surface area contributed by atoms with Crippen LogP contribution in [0.2, 0.25) is 5.02 Å². The molecule has 2 aliphatic rings. The topological polar surface area (TPSA) is 59.3 Å². The van der Waals surface area contributed by atoms with E-state index >= 15 is 0 Å². The number of aliphatic imine (C=N–C) groups is 1. The fourth-order valence-electron chi connectivity index (χ4n) is 4.79. The molecule has 1 heterocycles. The van der Waals surface area contributed by atoms with Crippen LogP contribution in [0.5, 0.6) is 0 Å². The van der Waals surface area contributed by atoms with Crippen molar-refractivity contribution in [1.29, 1.82) is 0 Å². The minimum absolute atomic E-state index is 0.00585. The van der Waals surface area contributed by atoms with E-state index in [1.807, 2.05) is 6.20 Å². The number of halogens is 1. The summed E-state index contributed by atoms with van der Waals surface area (Å²) in [6.07, 6.45) is 7.23. The van der Waals surface area contributed by atoms with E-state index in [2.05, 4.69) is 39.9 Å². The molecule has 0 bridgehead atoms. The summed E-state index contributed by atoms with van der Waals surface area (Å²) in [5, 5.41) is 8.40. The quantitative estimate of drug-likeness (QED) is 0.729. The minimum atomic E-state index is -0.00585. The van der Waals surface area contributed by atoms with Gasteiger partial charge >= 0.3 is 0 Å². The van der Waals surface area contributed by atoms with Gasteiger partial charge < -0.3 is 5.32 Å². The van der Waals surface area contributed by atoms with Gasteiger partial charge in [0.2, 0.25) is 0 Å². The Kier molecular flexibility index (Phi) is 5.04. The van der Waals surface area contributed by atoms with Crippen LogP contribution in [0.4, 0.5) is 0 Å². The second-order valence-corrected chi connectivity index (χ2v) is 8.17. The first-order chi connectivity index (χ1) is 13.1. The highest BCUT2D eigenvalue weighted by Gasteiger charge is 2.59. The lowest BCUT2D eigenvalue weighted by atomic mass is 9.99. The van der Waals surface area contributed by atoms with Crippen LogP contribution in [0.25, 0.3) is 0 Å². The number of nitrogens with zero attached hydrogens (tertiary/aromatic N) is 3. The third kappa shape index (κ3) is 3.65. The van der Waals surface area contributed by atoms with E-state index in [1.54, 1.807) is 24.3 Å². The molecule has 0 unspecified atom stereocenters. The summed E-state index contributed by atoms with van der Waals surface area (Å²) in [5.74, 6) is 1.97. The summed E-state index contributed by atoms with van der Waals surface area (Å²) < 4.78 is 2.09. The van der Waals surface area contributed by atoms with E-state index in [-0.39, 0.29) is 11.9 Å². The van der Waals surface area contributed by atoms with Crippen LogP contribution in [0, 0.1) is 17.8 Å². The average molecular weight is 385 g/mol. The molecule has 2 aromatic rings. The number of hydrogen-bond donors (Lipinski definition) is 1. The zero-order valence-corrected chi connectivity index (χ0v) is 16.3. The SMILES string of the molecule is C=NCc1cnn([C@@H]2C[C@@H]3[C@H](C2)[C@H]3[C@@H](CC)NC(=O)c2ccc(Cl)cc2)c1. The largest absolute Gasteiger partial charge is 0.349 e. The molecule has 0 saturated heterocycles. The Labute approximate surface area is 164 Å². The monoisotopic (exact) mass is 384 g/mol. The number of carbonyl (C=O) groups is 1. The molecule has 142 valence electrons. The minimum Gasteiger partial charge on any atom is -0.349 e. The molecule has 5 nitrogen and oxygen atoms in total. The second kappa shape index (κ2) is 7.47. The van der Waals surface area contributed by atoms with Crippen molar-refractivity contribution in [3.05, 3.63) is 52.8 Å². The van der Waals surface area contributed by atoms with Gasteiger partial charge in [0, 0.05) is 28.4 Å². The number of fused-ring (bicyclic) bond motifs is 1. The van der Waals surface area contributed by atoms with Gasteiger partial charge in [-0.05, 0) is 68.0 Å². The number of amides is 1. The first-order valence-electron chi connectivity index (χ1n) is 9.62. The normalized spacial score (nSPS) is 27.0. The number of rotatable bonds is 7. The lowest BCUT2D eigenvalue weighted by Gasteiger charge is -2.22. The van der Waals surface area contributed by atoms with Crippen molar-refractivity contribution in [2.24, 2.45) is 22.7 Å². The Hall–Kier alpha value is -2.14. The van der Waals surface area contributed by atoms with Gasteiger partial charge in [-0.15, -0.1) is 0 Å². The Morgan fingerprint density at radius 3 is 2.70 bits per heavy atom. The molecule has 5 atom stereocenters. The molecule has 6 heteroatoms. The highest BCUT2D eigenvalue weighted by molar-refractivity contribution is 6.30. The molecule has 0 aliphatic heterocycles. The first kappa shape index (κ1) is 18.2. The van der Waals surface area contributed by atoms with Crippen LogP contribution >= 0.6 is 11.6 Å². The Balaban J connectivity index is 1.34. The number of benzene rings is 1. The maximum Gasteiger partial charge on any atom is 0.251 e. The van der Waals surface area contributed by atoms with Gasteiger partial charge in [0.15, 0.2) is 0 Å². The van der Waals surface area contributed by atoms with Gasteiger partial charge in [-0.3, -0.25) is 14.5 Å². The lowest BCUT2D eigenvalue weighted by molar-refractivity contribution is 0.0926. The van der Waals surface area contributed by atoms with Crippen molar-refractivity contribution in [2.45, 2.75) is 44.8 Å². The molecule has 1 N–H and O–H groups in total. The Morgan fingerprint density at radius 2 is 2.07 bits per heavy atom. The number of hydrogen-bond acceptors (Lipinski definition) is 3. The highest BCUT2D eigenvalue weighted by atomic mass is 35.5. The number of aromatic nitrogens is 2. The summed E-state index contributed by atoms with van der Waals surface area (Å²) in [5.41, 5.74) is 1.78. The van der Waals surface area contributed by atoms with Crippen LogP contribution in [-0.2, 0) is 6.54 Å². The van der Waals surface area contributed by atoms with E-state index in [1.165, 1.54) is 0 Å². The Morgan fingerprint density at radius 1 is 1.37 bits per heavy atom. The fourth-order valence-corrected chi connectivity index (χ4v) is 4.91. The molecule has 0 spiro atoms. The standard InChI is InChI=1S/C21H25ClN4O/c1-3-19(25-21(27)14-4-6-15(22)7-5-14)20-17-8-16(9-18(17)20)26-12-13(10-23-2)11-24-26/h4-7,11-12,16-20H,2-3,8-10H2,1H3,(H,25,27)/t16-,17-,18+,19-,20+/m1/s1. The van der Waals surface area contributed by atoms with Crippen molar-refractivity contribution in [2.75, 3.05) is 0 Å². The van der Waals surface area contributed by atoms with Gasteiger partial charge in [0.1, 0.15) is 0 Å². The summed E-state index contributed by atoms with van der Waals surface area (Å²) in [7, 11) is 0. The van der Waals surface area contributed by atoms with Gasteiger partial charge in [-0.2, -0.15) is 5.10 Å². The van der Waals surface area contributed by atoms with Crippen LogP contribution in [-0.4, -0.2) is 28.4 Å². The second-order valence-electron chi connectivity index (χ2n) is 7.74. The summed E-state index contributed by atoms with van der Waals surface area (Å²) in [6.45, 7) is 6.32. The third-order valence-corrected chi connectivity index (χ3v) is 6.39. The highest BCUT2D eigenvalue weighted by Crippen LogP contribution is 2.62. The maximum atomic E-state index is 12.5. The van der Waals surface area contributed by atoms with Crippen molar-refractivity contribution in [3.63, 3.8) is 0 Å². The van der Waals surface area contributed by atoms with Crippen LogP contribution < -0.4 is 5.32 Å². The first-order valence-corrected chi connectivity index (χ1v) is 10.0. The van der Waals surface area contributed by atoms with Crippen LogP contribution in [0.15, 0.2) is 41.7 Å². The molecular formula is C21H25ClN4O. The van der Waals surface area contributed by atoms with Gasteiger partial charge in [-0.1, -0.05) is 18.5 Å². The molecule has 2 saturated carbocycles. The smallest absolute Gasteiger partial charge is 0.251 e. The van der Waals surface area contributed by atoms with E-state index in [0.717, 1.165) is 24.8 Å². The molecule has 1 amide bonds. The summed E-state index contributed by atoms with van der Waals surface area (Å²) in [6, 6.07) is 7.78. The Bertz CT molecular complexity index is 819. The predicted molar refractivity (Wildman–Crippen MR) is 107 cm³/mol. The molecule has 1 aromatic heterocycles. The lowest BCUT2D eigenvalue weighted by Crippen LogP contribution is -2.37. The predicted octanol–water partition coefficient (Wildman–Crippen LogP) is 4.14. The van der Waals surface area contributed by atoms with E-state index < -0.39 is 0 Å². The fraction of sp³-hybridized carbons (Fsp3) is 0.476. The van der Waals surface area contributed by atoms with E-state index in [0.29, 0.717) is 40.9 Å². The van der Waals surface area contributed by atoms with Crippen molar-refractivity contribution in [1.82, 2.24) is 15.1 Å². The summed E-state index contributed by atoms with van der Waals surface area (Å²) >= 11 is 5.91. The van der Waals surface area contributed by atoms with Crippen LogP contribution in [0.1, 0.15) is 48.1 Å². The molecule has 4 rings (SSSR count). The van der Waals surface area contributed by atoms with Gasteiger partial charge in [-0.25, -0.2) is 0 Å². The zero-order chi connectivity index (χ0) is 19.0. The number of carbonyl (C=O) groups excluding carboxylic acids is 1. The molecular weight excluding hydrogens is 360 g/mol. The van der Waals surface area contributed by atoms with Gasteiger partial charge in [0.25, 0.3) is 5.91 Å². The number of nitrogens with one attached hydrogen (secondary N) is 1. The third-order valence-electron chi connectivity index (χ3n) is 6.14. The van der Waals surface area contributed by atoms with E-state index in [9.17, 15) is 4.79 Å². The molecule has 2 aliphatic carbocycles. The summed E-state index contributed by atoms with van der Waals surface area (Å²) in [4.78, 5) is 16.5. The van der Waals surface area contributed by atoms with Crippen molar-refractivity contribution < 1.29 is 4.79 Å². The maximum absolute atomic E-state index is 12.5. The zero-order valence-electron chi connectivity index (χ0n) is 15.5. The van der Waals surface area contributed by atoms with Crippen molar-refractivity contribution >= 4 is 24.2 Å². The van der Waals surface area contributed by atoms with Gasteiger partial charge in [0.05, 0.1) is 18.8 Å². The van der Waals surface area contributed by atoms with E-state index in [4.69, 9.17) is 11.6 Å². The average Bonchev–Trinajstić information content (AvgIpc) is 3.03. The van der Waals surface area contributed by atoms with Crippen LogP contribution in [0.3, 0.4) is 0 Å². The molecule has 0 radical (unpaired) electrons. The molecule has 1 aromatic carbocycles. The molecule has 2 fully saturated rings.